The van der Waals surface area contributed by atoms with E-state index in [1.807, 2.05) is 0 Å². The zero-order valence-corrected chi connectivity index (χ0v) is 9.94. The molecule has 5 nitrogen and oxygen atoms in total. The monoisotopic (exact) mass is 250 g/mol. The molecule has 6 heteroatoms. The predicted molar refractivity (Wildman–Crippen MR) is 61.6 cm³/mol. The van der Waals surface area contributed by atoms with Crippen LogP contribution in [0.5, 0.6) is 0 Å². The van der Waals surface area contributed by atoms with Crippen LogP contribution in [0.4, 0.5) is 0 Å². The summed E-state index contributed by atoms with van der Waals surface area (Å²) >= 11 is 1.44. The number of rotatable bonds is 4. The highest BCUT2D eigenvalue weighted by atomic mass is 32.2. The third-order valence-corrected chi connectivity index (χ3v) is 2.89. The van der Waals surface area contributed by atoms with Gasteiger partial charge in [-0.15, -0.1) is 0 Å². The summed E-state index contributed by atoms with van der Waals surface area (Å²) in [5.74, 6) is 0.256. The van der Waals surface area contributed by atoms with Gasteiger partial charge in [0.25, 0.3) is 5.22 Å². The van der Waals surface area contributed by atoms with Gasteiger partial charge in [-0.1, -0.05) is 11.8 Å². The lowest BCUT2D eigenvalue weighted by molar-refractivity contribution is 0.0600. The first-order valence-electron chi connectivity index (χ1n) is 4.85. The fourth-order valence-electron chi connectivity index (χ4n) is 1.17. The highest BCUT2D eigenvalue weighted by Gasteiger charge is 2.06. The van der Waals surface area contributed by atoms with E-state index in [9.17, 15) is 4.79 Å². The van der Waals surface area contributed by atoms with E-state index in [1.165, 1.54) is 31.3 Å². The number of thioether (sulfide) groups is 1. The average molecular weight is 250 g/mol. The van der Waals surface area contributed by atoms with Crippen LogP contribution in [0.15, 0.2) is 40.4 Å². The fraction of sp³-hybridized carbons (Fsp3) is 0.182. The third-order valence-electron chi connectivity index (χ3n) is 2.00. The van der Waals surface area contributed by atoms with E-state index in [4.69, 9.17) is 4.42 Å². The standard InChI is InChI=1S/C11H10N2O3S/c1-15-10(14)8-2-3-9(13-6-8)7-17-11-12-4-5-16-11/h2-6H,7H2,1H3. The molecule has 0 saturated carbocycles. The highest BCUT2D eigenvalue weighted by molar-refractivity contribution is 7.98. The number of aromatic nitrogens is 2. The third kappa shape index (κ3) is 3.07. The van der Waals surface area contributed by atoms with Crippen LogP contribution < -0.4 is 0 Å². The van der Waals surface area contributed by atoms with Crippen LogP contribution in [0.2, 0.25) is 0 Å². The van der Waals surface area contributed by atoms with Gasteiger partial charge in [0.1, 0.15) is 6.26 Å². The smallest absolute Gasteiger partial charge is 0.339 e. The van der Waals surface area contributed by atoms with Crippen LogP contribution in [-0.2, 0) is 10.5 Å². The summed E-state index contributed by atoms with van der Waals surface area (Å²) in [6.45, 7) is 0. The summed E-state index contributed by atoms with van der Waals surface area (Å²) in [5.41, 5.74) is 1.29. The molecular weight excluding hydrogens is 240 g/mol. The lowest BCUT2D eigenvalue weighted by Gasteiger charge is -2.00. The summed E-state index contributed by atoms with van der Waals surface area (Å²) in [7, 11) is 1.34. The number of hydrogen-bond acceptors (Lipinski definition) is 6. The minimum atomic E-state index is -0.385. The molecule has 0 aliphatic rings. The zero-order valence-electron chi connectivity index (χ0n) is 9.12. The number of methoxy groups -OCH3 is 1. The van der Waals surface area contributed by atoms with Gasteiger partial charge in [0.2, 0.25) is 0 Å². The van der Waals surface area contributed by atoms with Crippen LogP contribution in [0.25, 0.3) is 0 Å². The molecule has 0 aliphatic heterocycles. The number of ether oxygens (including phenoxy) is 1. The Balaban J connectivity index is 1.96. The molecule has 2 aromatic heterocycles. The summed E-state index contributed by atoms with van der Waals surface area (Å²) in [6.07, 6.45) is 4.61. The van der Waals surface area contributed by atoms with Crippen molar-refractivity contribution in [2.45, 2.75) is 11.0 Å². The van der Waals surface area contributed by atoms with Gasteiger partial charge in [0.15, 0.2) is 0 Å². The van der Waals surface area contributed by atoms with Crippen molar-refractivity contribution in [1.29, 1.82) is 0 Å². The topological polar surface area (TPSA) is 65.2 Å². The predicted octanol–water partition coefficient (Wildman–Crippen LogP) is 2.15. The van der Waals surface area contributed by atoms with Gasteiger partial charge >= 0.3 is 5.97 Å². The Morgan fingerprint density at radius 2 is 2.35 bits per heavy atom. The Bertz CT molecular complexity index is 482. The van der Waals surface area contributed by atoms with Crippen LogP contribution in [0, 0.1) is 0 Å². The van der Waals surface area contributed by atoms with Crippen LogP contribution >= 0.6 is 11.8 Å². The van der Waals surface area contributed by atoms with Gasteiger partial charge in [0, 0.05) is 11.9 Å². The van der Waals surface area contributed by atoms with Crippen molar-refractivity contribution in [3.63, 3.8) is 0 Å². The van der Waals surface area contributed by atoms with Crippen molar-refractivity contribution < 1.29 is 13.9 Å². The van der Waals surface area contributed by atoms with E-state index in [2.05, 4.69) is 14.7 Å². The van der Waals surface area contributed by atoms with Crippen molar-refractivity contribution in [2.75, 3.05) is 7.11 Å². The maximum absolute atomic E-state index is 11.2. The number of hydrogen-bond donors (Lipinski definition) is 0. The van der Waals surface area contributed by atoms with E-state index < -0.39 is 0 Å². The molecule has 0 saturated heterocycles. The average Bonchev–Trinajstić information content (AvgIpc) is 2.89. The van der Waals surface area contributed by atoms with Crippen LogP contribution in [0.1, 0.15) is 16.1 Å². The number of nitrogens with zero attached hydrogens (tertiary/aromatic N) is 2. The molecule has 0 spiro atoms. The fourth-order valence-corrected chi connectivity index (χ4v) is 1.87. The molecule has 17 heavy (non-hydrogen) atoms. The summed E-state index contributed by atoms with van der Waals surface area (Å²) in [5, 5.41) is 0.601. The first kappa shape index (κ1) is 11.7. The Labute approximate surface area is 102 Å². The van der Waals surface area contributed by atoms with Gasteiger partial charge in [-0.25, -0.2) is 9.78 Å². The lowest BCUT2D eigenvalue weighted by atomic mass is 10.2. The number of carbonyl (C=O) groups excluding carboxylic acids is 1. The van der Waals surface area contributed by atoms with Crippen molar-refractivity contribution >= 4 is 17.7 Å². The molecule has 0 amide bonds. The second-order valence-corrected chi connectivity index (χ2v) is 4.04. The molecule has 2 heterocycles. The number of oxazole rings is 1. The Hall–Kier alpha value is -1.82. The Kier molecular flexibility index (Phi) is 3.77. The molecule has 0 radical (unpaired) electrons. The zero-order chi connectivity index (χ0) is 12.1. The Morgan fingerprint density at radius 1 is 1.47 bits per heavy atom. The van der Waals surface area contributed by atoms with Gasteiger partial charge in [-0.2, -0.15) is 0 Å². The second kappa shape index (κ2) is 5.49. The van der Waals surface area contributed by atoms with Crippen molar-refractivity contribution in [3.8, 4) is 0 Å². The number of esters is 1. The molecular formula is C11H10N2O3S. The largest absolute Gasteiger partial charge is 0.465 e. The molecule has 0 fully saturated rings. The van der Waals surface area contributed by atoms with Crippen molar-refractivity contribution in [1.82, 2.24) is 9.97 Å². The van der Waals surface area contributed by atoms with E-state index >= 15 is 0 Å². The van der Waals surface area contributed by atoms with E-state index in [0.717, 1.165) is 5.69 Å². The second-order valence-electron chi connectivity index (χ2n) is 3.12. The van der Waals surface area contributed by atoms with Crippen molar-refractivity contribution in [3.05, 3.63) is 42.0 Å². The molecule has 0 aromatic carbocycles. The molecule has 0 bridgehead atoms. The van der Waals surface area contributed by atoms with Crippen LogP contribution in [-0.4, -0.2) is 23.0 Å². The molecule has 2 aromatic rings. The molecule has 0 atom stereocenters. The SMILES string of the molecule is COC(=O)c1ccc(CSc2ncco2)nc1. The van der Waals surface area contributed by atoms with Crippen LogP contribution in [0.3, 0.4) is 0 Å². The molecule has 0 unspecified atom stereocenters. The maximum Gasteiger partial charge on any atom is 0.339 e. The maximum atomic E-state index is 11.2. The van der Waals surface area contributed by atoms with Gasteiger partial charge in [-0.3, -0.25) is 4.98 Å². The van der Waals surface area contributed by atoms with Gasteiger partial charge in [0.05, 0.1) is 24.6 Å². The normalized spacial score (nSPS) is 10.2. The first-order chi connectivity index (χ1) is 8.29. The van der Waals surface area contributed by atoms with Gasteiger partial charge in [-0.05, 0) is 12.1 Å². The summed E-state index contributed by atoms with van der Waals surface area (Å²) in [4.78, 5) is 19.3. The molecule has 0 aliphatic carbocycles. The molecule has 2 rings (SSSR count). The quantitative estimate of drug-likeness (QED) is 0.612. The van der Waals surface area contributed by atoms with Crippen molar-refractivity contribution in [2.24, 2.45) is 0 Å². The van der Waals surface area contributed by atoms with E-state index in [1.54, 1.807) is 18.3 Å². The molecule has 88 valence electrons. The minimum absolute atomic E-state index is 0.385. The summed E-state index contributed by atoms with van der Waals surface area (Å²) < 4.78 is 9.67. The minimum Gasteiger partial charge on any atom is -0.465 e. The highest BCUT2D eigenvalue weighted by Crippen LogP contribution is 2.19. The van der Waals surface area contributed by atoms with Gasteiger partial charge < -0.3 is 9.15 Å². The molecule has 0 N–H and O–H groups in total. The summed E-state index contributed by atoms with van der Waals surface area (Å²) in [6, 6.07) is 3.46. The number of carbonyl (C=O) groups is 1. The lowest BCUT2D eigenvalue weighted by Crippen LogP contribution is -2.02. The first-order valence-corrected chi connectivity index (χ1v) is 5.83. The Morgan fingerprint density at radius 3 is 2.94 bits per heavy atom. The van der Waals surface area contributed by atoms with E-state index in [0.29, 0.717) is 16.5 Å². The number of pyridine rings is 1. The van der Waals surface area contributed by atoms with E-state index in [-0.39, 0.29) is 5.97 Å².